The summed E-state index contributed by atoms with van der Waals surface area (Å²) in [6.45, 7) is 2.57. The van der Waals surface area contributed by atoms with E-state index in [2.05, 4.69) is 50.4 Å². The highest BCUT2D eigenvalue weighted by Gasteiger charge is 2.49. The molecule has 2 fully saturated rings. The lowest BCUT2D eigenvalue weighted by atomic mass is 9.74. The number of nitrogens with zero attached hydrogens (tertiary/aromatic N) is 2. The number of aliphatic hydroxyl groups is 1. The van der Waals surface area contributed by atoms with Gasteiger partial charge in [-0.3, -0.25) is 4.90 Å². The Morgan fingerprint density at radius 3 is 2.50 bits per heavy atom. The van der Waals surface area contributed by atoms with E-state index >= 15 is 0 Å². The number of fused-ring (bicyclic) bond motifs is 1. The summed E-state index contributed by atoms with van der Waals surface area (Å²) in [7, 11) is 0. The first kappa shape index (κ1) is 19.4. The van der Waals surface area contributed by atoms with Gasteiger partial charge in [-0.1, -0.05) is 46.3 Å². The van der Waals surface area contributed by atoms with Crippen LogP contribution in [0.5, 0.6) is 0 Å². The first-order valence-electron chi connectivity index (χ1n) is 9.90. The van der Waals surface area contributed by atoms with Crippen LogP contribution in [-0.2, 0) is 0 Å². The Labute approximate surface area is 174 Å². The summed E-state index contributed by atoms with van der Waals surface area (Å²) in [4.78, 5) is 17.2. The Bertz CT molecular complexity index is 799. The highest BCUT2D eigenvalue weighted by Crippen LogP contribution is 2.42. The standard InChI is InChI=1S/C22H26BrN3O2/c23-17-10-8-16(9-11-17)21-19-14-25(12-4-5-13-26(19)20(21)15-27)22(28)24-18-6-2-1-3-7-18/h1-3,6-11,19-21,27H,4-5,12-15H2,(H,24,28)/t19-,20+,21-/m0/s1. The fourth-order valence-corrected chi connectivity index (χ4v) is 4.80. The van der Waals surface area contributed by atoms with Crippen LogP contribution in [0, 0.1) is 0 Å². The van der Waals surface area contributed by atoms with Crippen molar-refractivity contribution in [1.82, 2.24) is 9.80 Å². The summed E-state index contributed by atoms with van der Waals surface area (Å²) in [6.07, 6.45) is 2.02. The van der Waals surface area contributed by atoms with Crippen molar-refractivity contribution in [2.24, 2.45) is 0 Å². The molecule has 5 nitrogen and oxygen atoms in total. The predicted octanol–water partition coefficient (Wildman–Crippen LogP) is 3.91. The summed E-state index contributed by atoms with van der Waals surface area (Å²) < 4.78 is 1.05. The predicted molar refractivity (Wildman–Crippen MR) is 115 cm³/mol. The molecule has 6 heteroatoms. The molecule has 0 unspecified atom stereocenters. The topological polar surface area (TPSA) is 55.8 Å². The van der Waals surface area contributed by atoms with Gasteiger partial charge in [0.1, 0.15) is 0 Å². The molecule has 2 saturated heterocycles. The molecule has 4 rings (SSSR count). The van der Waals surface area contributed by atoms with Gasteiger partial charge in [-0.15, -0.1) is 0 Å². The van der Waals surface area contributed by atoms with Gasteiger partial charge in [0, 0.05) is 41.3 Å². The maximum absolute atomic E-state index is 12.9. The molecule has 3 atom stereocenters. The molecule has 0 radical (unpaired) electrons. The number of hydrogen-bond donors (Lipinski definition) is 2. The molecule has 2 aromatic rings. The monoisotopic (exact) mass is 443 g/mol. The number of halogens is 1. The SMILES string of the molecule is O=C(Nc1ccccc1)N1CCCCN2[C@H](CO)[C@@H](c3ccc(Br)cc3)[C@@H]2C1. The van der Waals surface area contributed by atoms with Gasteiger partial charge in [-0.2, -0.15) is 0 Å². The van der Waals surface area contributed by atoms with Gasteiger partial charge in [0.25, 0.3) is 0 Å². The van der Waals surface area contributed by atoms with E-state index in [0.29, 0.717) is 6.54 Å². The Balaban J connectivity index is 1.52. The molecule has 2 aliphatic heterocycles. The van der Waals surface area contributed by atoms with Gasteiger partial charge in [0.15, 0.2) is 0 Å². The summed E-state index contributed by atoms with van der Waals surface area (Å²) >= 11 is 3.50. The lowest BCUT2D eigenvalue weighted by Crippen LogP contribution is -2.68. The molecule has 2 aromatic carbocycles. The van der Waals surface area contributed by atoms with Crippen molar-refractivity contribution in [2.75, 3.05) is 31.6 Å². The number of hydrogen-bond acceptors (Lipinski definition) is 3. The van der Waals surface area contributed by atoms with Gasteiger partial charge < -0.3 is 15.3 Å². The fourth-order valence-electron chi connectivity index (χ4n) is 4.53. The van der Waals surface area contributed by atoms with Gasteiger partial charge in [-0.05, 0) is 49.2 Å². The minimum absolute atomic E-state index is 0.0462. The molecule has 2 amide bonds. The summed E-state index contributed by atoms with van der Waals surface area (Å²) in [5, 5.41) is 13.0. The van der Waals surface area contributed by atoms with E-state index in [1.807, 2.05) is 35.2 Å². The minimum atomic E-state index is -0.0462. The molecule has 0 aromatic heterocycles. The second-order valence-electron chi connectivity index (χ2n) is 7.58. The van der Waals surface area contributed by atoms with E-state index in [1.165, 1.54) is 5.56 Å². The van der Waals surface area contributed by atoms with Crippen LogP contribution in [0.2, 0.25) is 0 Å². The number of amides is 2. The van der Waals surface area contributed by atoms with Gasteiger partial charge in [0.2, 0.25) is 0 Å². The van der Waals surface area contributed by atoms with Crippen LogP contribution in [0.15, 0.2) is 59.1 Å². The average Bonchev–Trinajstić information content (AvgIpc) is 2.69. The van der Waals surface area contributed by atoms with Gasteiger partial charge in [0.05, 0.1) is 6.61 Å². The number of urea groups is 1. The van der Waals surface area contributed by atoms with E-state index in [1.54, 1.807) is 0 Å². The molecule has 2 aliphatic rings. The lowest BCUT2D eigenvalue weighted by molar-refractivity contribution is -0.0585. The Morgan fingerprint density at radius 1 is 1.07 bits per heavy atom. The zero-order valence-electron chi connectivity index (χ0n) is 15.8. The number of benzene rings is 2. The molecule has 0 aliphatic carbocycles. The van der Waals surface area contributed by atoms with Gasteiger partial charge >= 0.3 is 6.03 Å². The molecule has 2 heterocycles. The van der Waals surface area contributed by atoms with E-state index < -0.39 is 0 Å². The molecule has 0 saturated carbocycles. The van der Waals surface area contributed by atoms with E-state index in [4.69, 9.17) is 0 Å². The number of aliphatic hydroxyl groups excluding tert-OH is 1. The quantitative estimate of drug-likeness (QED) is 0.755. The normalized spacial score (nSPS) is 25.2. The molecule has 28 heavy (non-hydrogen) atoms. The van der Waals surface area contributed by atoms with Crippen LogP contribution >= 0.6 is 15.9 Å². The molecule has 148 valence electrons. The molecule has 0 bridgehead atoms. The van der Waals surface area contributed by atoms with Crippen LogP contribution in [0.4, 0.5) is 10.5 Å². The van der Waals surface area contributed by atoms with Crippen molar-refractivity contribution >= 4 is 27.6 Å². The fraction of sp³-hybridized carbons (Fsp3) is 0.409. The second kappa shape index (κ2) is 8.64. The number of nitrogens with one attached hydrogen (secondary N) is 1. The number of carbonyl (C=O) groups excluding carboxylic acids is 1. The Kier molecular flexibility index (Phi) is 5.99. The van der Waals surface area contributed by atoms with Crippen molar-refractivity contribution in [3.05, 3.63) is 64.6 Å². The van der Waals surface area contributed by atoms with E-state index in [9.17, 15) is 9.90 Å². The summed E-state index contributed by atoms with van der Waals surface area (Å²) in [6, 6.07) is 18.3. The molecular weight excluding hydrogens is 418 g/mol. The van der Waals surface area contributed by atoms with E-state index in [-0.39, 0.29) is 30.6 Å². The zero-order valence-corrected chi connectivity index (χ0v) is 17.4. The van der Waals surface area contributed by atoms with Gasteiger partial charge in [-0.25, -0.2) is 4.79 Å². The number of rotatable bonds is 3. The van der Waals surface area contributed by atoms with Crippen LogP contribution in [-0.4, -0.2) is 59.3 Å². The maximum Gasteiger partial charge on any atom is 0.321 e. The number of para-hydroxylation sites is 1. The zero-order chi connectivity index (χ0) is 19.5. The smallest absolute Gasteiger partial charge is 0.321 e. The van der Waals surface area contributed by atoms with Crippen LogP contribution < -0.4 is 5.32 Å². The van der Waals surface area contributed by atoms with Crippen molar-refractivity contribution in [3.8, 4) is 0 Å². The van der Waals surface area contributed by atoms with Crippen molar-refractivity contribution < 1.29 is 9.90 Å². The maximum atomic E-state index is 12.9. The molecule has 0 spiro atoms. The van der Waals surface area contributed by atoms with Crippen molar-refractivity contribution in [2.45, 2.75) is 30.8 Å². The lowest BCUT2D eigenvalue weighted by Gasteiger charge is -2.57. The van der Waals surface area contributed by atoms with Crippen molar-refractivity contribution in [3.63, 3.8) is 0 Å². The third-order valence-electron chi connectivity index (χ3n) is 5.94. The Hall–Kier alpha value is -1.89. The Morgan fingerprint density at radius 2 is 1.79 bits per heavy atom. The first-order chi connectivity index (χ1) is 13.7. The average molecular weight is 444 g/mol. The molecule has 2 N–H and O–H groups in total. The van der Waals surface area contributed by atoms with E-state index in [0.717, 1.165) is 36.1 Å². The summed E-state index contributed by atoms with van der Waals surface area (Å²) in [5.41, 5.74) is 2.05. The first-order valence-corrected chi connectivity index (χ1v) is 10.7. The van der Waals surface area contributed by atoms with Crippen molar-refractivity contribution in [1.29, 1.82) is 0 Å². The highest BCUT2D eigenvalue weighted by molar-refractivity contribution is 9.10. The second-order valence-corrected chi connectivity index (χ2v) is 8.50. The number of anilines is 1. The largest absolute Gasteiger partial charge is 0.395 e. The summed E-state index contributed by atoms with van der Waals surface area (Å²) in [5.74, 6) is 0.239. The van der Waals surface area contributed by atoms with Crippen LogP contribution in [0.1, 0.15) is 24.3 Å². The minimum Gasteiger partial charge on any atom is -0.395 e. The van der Waals surface area contributed by atoms with Crippen LogP contribution in [0.3, 0.4) is 0 Å². The third-order valence-corrected chi connectivity index (χ3v) is 6.47. The number of carbonyl (C=O) groups is 1. The highest BCUT2D eigenvalue weighted by atomic mass is 79.9. The van der Waals surface area contributed by atoms with Crippen LogP contribution in [0.25, 0.3) is 0 Å². The third kappa shape index (κ3) is 3.95. The molecular formula is C22H26BrN3O2.